The van der Waals surface area contributed by atoms with Crippen LogP contribution in [0.1, 0.15) is 12.8 Å². The molecule has 0 aromatic carbocycles. The number of hydrogen-bond donors (Lipinski definition) is 2. The van der Waals surface area contributed by atoms with Gasteiger partial charge in [0.2, 0.25) is 5.91 Å². The van der Waals surface area contributed by atoms with Gasteiger partial charge in [0.25, 0.3) is 5.91 Å². The van der Waals surface area contributed by atoms with Gasteiger partial charge in [0.05, 0.1) is 6.61 Å². The van der Waals surface area contributed by atoms with Gasteiger partial charge in [-0.05, 0) is 12.8 Å². The maximum Gasteiger partial charge on any atom is 0.250 e. The fourth-order valence-electron chi connectivity index (χ4n) is 2.52. The van der Waals surface area contributed by atoms with Crippen molar-refractivity contribution in [1.82, 2.24) is 15.5 Å². The maximum absolute atomic E-state index is 12.0. The SMILES string of the molecule is COCC(=O)N1CCC(NC(=O)C2CNCCO2)CC1. The van der Waals surface area contributed by atoms with Crippen LogP contribution in [0.3, 0.4) is 0 Å². The van der Waals surface area contributed by atoms with Gasteiger partial charge in [-0.25, -0.2) is 0 Å². The number of rotatable bonds is 4. The minimum Gasteiger partial charge on any atom is -0.375 e. The van der Waals surface area contributed by atoms with Crippen molar-refractivity contribution in [2.24, 2.45) is 0 Å². The normalized spacial score (nSPS) is 24.4. The van der Waals surface area contributed by atoms with E-state index in [1.54, 1.807) is 4.90 Å². The molecule has 2 saturated heterocycles. The predicted octanol–water partition coefficient (Wildman–Crippen LogP) is -1.27. The number of nitrogens with one attached hydrogen (secondary N) is 2. The Morgan fingerprint density at radius 1 is 1.40 bits per heavy atom. The lowest BCUT2D eigenvalue weighted by molar-refractivity contribution is -0.137. The molecule has 20 heavy (non-hydrogen) atoms. The van der Waals surface area contributed by atoms with Crippen LogP contribution in [0, 0.1) is 0 Å². The van der Waals surface area contributed by atoms with E-state index in [-0.39, 0.29) is 24.5 Å². The summed E-state index contributed by atoms with van der Waals surface area (Å²) < 4.78 is 10.3. The molecule has 0 spiro atoms. The third kappa shape index (κ3) is 4.16. The zero-order chi connectivity index (χ0) is 14.4. The number of nitrogens with zero attached hydrogens (tertiary/aromatic N) is 1. The molecule has 0 bridgehead atoms. The summed E-state index contributed by atoms with van der Waals surface area (Å²) in [4.78, 5) is 25.4. The van der Waals surface area contributed by atoms with Crippen molar-refractivity contribution >= 4 is 11.8 Å². The van der Waals surface area contributed by atoms with Crippen molar-refractivity contribution in [1.29, 1.82) is 0 Å². The predicted molar refractivity (Wildman–Crippen MR) is 72.2 cm³/mol. The maximum atomic E-state index is 12.0. The Morgan fingerprint density at radius 2 is 2.15 bits per heavy atom. The largest absolute Gasteiger partial charge is 0.375 e. The van der Waals surface area contributed by atoms with E-state index in [9.17, 15) is 9.59 Å². The second kappa shape index (κ2) is 7.56. The molecule has 0 saturated carbocycles. The molecule has 0 aromatic heterocycles. The van der Waals surface area contributed by atoms with Crippen molar-refractivity contribution in [2.45, 2.75) is 25.0 Å². The Morgan fingerprint density at radius 3 is 2.75 bits per heavy atom. The molecule has 7 heteroatoms. The Kier molecular flexibility index (Phi) is 5.75. The first kappa shape index (κ1) is 15.2. The van der Waals surface area contributed by atoms with Crippen molar-refractivity contribution in [3.63, 3.8) is 0 Å². The fourth-order valence-corrected chi connectivity index (χ4v) is 2.52. The van der Waals surface area contributed by atoms with Crippen molar-refractivity contribution < 1.29 is 19.1 Å². The highest BCUT2D eigenvalue weighted by Gasteiger charge is 2.27. The zero-order valence-corrected chi connectivity index (χ0v) is 11.9. The third-order valence-corrected chi connectivity index (χ3v) is 3.68. The Balaban J connectivity index is 1.71. The van der Waals surface area contributed by atoms with Gasteiger partial charge >= 0.3 is 0 Å². The van der Waals surface area contributed by atoms with E-state index in [1.165, 1.54) is 7.11 Å². The van der Waals surface area contributed by atoms with E-state index < -0.39 is 6.10 Å². The van der Waals surface area contributed by atoms with Gasteiger partial charge in [-0.2, -0.15) is 0 Å². The molecular weight excluding hydrogens is 262 g/mol. The van der Waals surface area contributed by atoms with Crippen LogP contribution >= 0.6 is 0 Å². The molecule has 2 aliphatic rings. The molecule has 2 rings (SSSR count). The number of ether oxygens (including phenoxy) is 2. The van der Waals surface area contributed by atoms with Gasteiger partial charge in [0.1, 0.15) is 12.7 Å². The minimum atomic E-state index is -0.392. The van der Waals surface area contributed by atoms with Crippen molar-refractivity contribution in [2.75, 3.05) is 46.5 Å². The molecule has 2 aliphatic heterocycles. The highest BCUT2D eigenvalue weighted by Crippen LogP contribution is 2.11. The summed E-state index contributed by atoms with van der Waals surface area (Å²) in [6, 6.07) is 0.125. The van der Waals surface area contributed by atoms with Crippen molar-refractivity contribution in [3.05, 3.63) is 0 Å². The second-order valence-corrected chi connectivity index (χ2v) is 5.16. The lowest BCUT2D eigenvalue weighted by atomic mass is 10.0. The van der Waals surface area contributed by atoms with Crippen LogP contribution in [0.2, 0.25) is 0 Å². The van der Waals surface area contributed by atoms with Crippen LogP contribution in [0.5, 0.6) is 0 Å². The number of carbonyl (C=O) groups is 2. The van der Waals surface area contributed by atoms with E-state index in [0.717, 1.165) is 19.4 Å². The van der Waals surface area contributed by atoms with E-state index in [1.807, 2.05) is 0 Å². The van der Waals surface area contributed by atoms with Crippen LogP contribution in [0.15, 0.2) is 0 Å². The quantitative estimate of drug-likeness (QED) is 0.673. The van der Waals surface area contributed by atoms with Crippen LogP contribution in [-0.2, 0) is 19.1 Å². The van der Waals surface area contributed by atoms with Gasteiger partial charge in [-0.15, -0.1) is 0 Å². The number of methoxy groups -OCH3 is 1. The van der Waals surface area contributed by atoms with E-state index >= 15 is 0 Å². The summed E-state index contributed by atoms with van der Waals surface area (Å²) in [6.45, 7) is 3.38. The summed E-state index contributed by atoms with van der Waals surface area (Å²) in [7, 11) is 1.52. The number of likely N-dealkylation sites (tertiary alicyclic amines) is 1. The molecule has 2 fully saturated rings. The van der Waals surface area contributed by atoms with E-state index in [4.69, 9.17) is 9.47 Å². The minimum absolute atomic E-state index is 0.0112. The average Bonchev–Trinajstić information content (AvgIpc) is 2.49. The fraction of sp³-hybridized carbons (Fsp3) is 0.846. The standard InChI is InChI=1S/C13H23N3O4/c1-19-9-12(17)16-5-2-10(3-6-16)15-13(18)11-8-14-4-7-20-11/h10-11,14H,2-9H2,1H3,(H,15,18). The summed E-state index contributed by atoms with van der Waals surface area (Å²) in [5, 5.41) is 6.14. The molecule has 114 valence electrons. The monoisotopic (exact) mass is 285 g/mol. The van der Waals surface area contributed by atoms with E-state index in [0.29, 0.717) is 26.2 Å². The number of hydrogen-bond acceptors (Lipinski definition) is 5. The number of morpholine rings is 1. The second-order valence-electron chi connectivity index (χ2n) is 5.16. The van der Waals surface area contributed by atoms with Gasteiger partial charge in [0, 0.05) is 39.3 Å². The Labute approximate surface area is 119 Å². The molecule has 2 N–H and O–H groups in total. The Bertz CT molecular complexity index is 337. The van der Waals surface area contributed by atoms with Crippen LogP contribution in [0.25, 0.3) is 0 Å². The summed E-state index contributed by atoms with van der Waals surface area (Å²) in [5.41, 5.74) is 0. The molecule has 0 radical (unpaired) electrons. The van der Waals surface area contributed by atoms with Gasteiger partial charge in [-0.1, -0.05) is 0 Å². The zero-order valence-electron chi connectivity index (χ0n) is 11.9. The molecule has 0 aromatic rings. The molecule has 1 unspecified atom stereocenters. The smallest absolute Gasteiger partial charge is 0.250 e. The van der Waals surface area contributed by atoms with Gasteiger partial charge in [-0.3, -0.25) is 9.59 Å². The van der Waals surface area contributed by atoms with E-state index in [2.05, 4.69) is 10.6 Å². The molecule has 2 heterocycles. The lowest BCUT2D eigenvalue weighted by Gasteiger charge is -2.33. The first-order chi connectivity index (χ1) is 9.70. The lowest BCUT2D eigenvalue weighted by Crippen LogP contribution is -2.53. The van der Waals surface area contributed by atoms with Gasteiger partial charge in [0.15, 0.2) is 0 Å². The molecule has 2 amide bonds. The number of piperidine rings is 1. The molecular formula is C13H23N3O4. The Hall–Kier alpha value is -1.18. The average molecular weight is 285 g/mol. The molecule has 1 atom stereocenters. The molecule has 7 nitrogen and oxygen atoms in total. The van der Waals surface area contributed by atoms with Gasteiger partial charge < -0.3 is 25.0 Å². The highest BCUT2D eigenvalue weighted by atomic mass is 16.5. The molecule has 0 aliphatic carbocycles. The number of carbonyl (C=O) groups excluding carboxylic acids is 2. The topological polar surface area (TPSA) is 79.9 Å². The highest BCUT2D eigenvalue weighted by molar-refractivity contribution is 5.81. The third-order valence-electron chi connectivity index (χ3n) is 3.68. The summed E-state index contributed by atoms with van der Waals surface area (Å²) in [6.07, 6.45) is 1.17. The van der Waals surface area contributed by atoms with Crippen molar-refractivity contribution in [3.8, 4) is 0 Å². The first-order valence-corrected chi connectivity index (χ1v) is 7.10. The van der Waals surface area contributed by atoms with Crippen LogP contribution < -0.4 is 10.6 Å². The summed E-state index contributed by atoms with van der Waals surface area (Å²) in [5.74, 6) is -0.0454. The first-order valence-electron chi connectivity index (χ1n) is 7.10. The number of amides is 2. The summed E-state index contributed by atoms with van der Waals surface area (Å²) >= 11 is 0. The van der Waals surface area contributed by atoms with Crippen LogP contribution in [-0.4, -0.2) is 75.4 Å². The van der Waals surface area contributed by atoms with Crippen LogP contribution in [0.4, 0.5) is 0 Å².